The Morgan fingerprint density at radius 3 is 2.50 bits per heavy atom. The summed E-state index contributed by atoms with van der Waals surface area (Å²) in [4.78, 5) is 11.4. The van der Waals surface area contributed by atoms with Crippen LogP contribution in [-0.2, 0) is 11.2 Å². The van der Waals surface area contributed by atoms with Gasteiger partial charge < -0.3 is 5.73 Å². The molecular formula is C16H23NO. The summed E-state index contributed by atoms with van der Waals surface area (Å²) >= 11 is 0. The van der Waals surface area contributed by atoms with Crippen molar-refractivity contribution in [3.05, 3.63) is 29.8 Å². The minimum Gasteiger partial charge on any atom is -0.399 e. The molecule has 1 aromatic rings. The Morgan fingerprint density at radius 1 is 1.33 bits per heavy atom. The second kappa shape index (κ2) is 5.13. The molecule has 1 aliphatic rings. The summed E-state index contributed by atoms with van der Waals surface area (Å²) in [6, 6.07) is 8.13. The Kier molecular flexibility index (Phi) is 3.74. The molecule has 98 valence electrons. The van der Waals surface area contributed by atoms with Crippen molar-refractivity contribution in [2.45, 2.75) is 33.6 Å². The Labute approximate surface area is 110 Å². The van der Waals surface area contributed by atoms with E-state index in [9.17, 15) is 4.79 Å². The fraction of sp³-hybridized carbons (Fsp3) is 0.562. The van der Waals surface area contributed by atoms with Gasteiger partial charge in [-0.2, -0.15) is 0 Å². The van der Waals surface area contributed by atoms with Crippen LogP contribution in [0.1, 0.15) is 32.8 Å². The first kappa shape index (κ1) is 13.1. The number of nitrogen functional groups attached to an aromatic ring is 1. The van der Waals surface area contributed by atoms with Crippen molar-refractivity contribution in [3.63, 3.8) is 0 Å². The maximum Gasteiger partial charge on any atom is 0.132 e. The highest BCUT2D eigenvalue weighted by Gasteiger charge is 2.49. The van der Waals surface area contributed by atoms with Crippen LogP contribution in [0.2, 0.25) is 0 Å². The minimum absolute atomic E-state index is 0.233. The van der Waals surface area contributed by atoms with E-state index in [1.54, 1.807) is 6.92 Å². The monoisotopic (exact) mass is 245 g/mol. The van der Waals surface area contributed by atoms with Gasteiger partial charge in [-0.05, 0) is 55.2 Å². The van der Waals surface area contributed by atoms with Gasteiger partial charge in [0.1, 0.15) is 5.78 Å². The lowest BCUT2D eigenvalue weighted by Gasteiger charge is -2.06. The standard InChI is InChI=1S/C16H23NO/c1-10(12(3)18)16-11(2)15(16)9-6-13-4-7-14(17)8-5-13/h4-5,7-8,10-11,15-16H,6,9,17H2,1-3H3. The number of carbonyl (C=O) groups is 1. The normalized spacial score (nSPS) is 27.8. The van der Waals surface area contributed by atoms with Gasteiger partial charge in [0.05, 0.1) is 0 Å². The van der Waals surface area contributed by atoms with Crippen molar-refractivity contribution in [1.29, 1.82) is 0 Å². The molecule has 1 saturated carbocycles. The lowest BCUT2D eigenvalue weighted by atomic mass is 9.98. The third-order valence-electron chi connectivity index (χ3n) is 4.60. The van der Waals surface area contributed by atoms with Crippen LogP contribution in [0.3, 0.4) is 0 Å². The van der Waals surface area contributed by atoms with E-state index in [1.165, 1.54) is 12.0 Å². The van der Waals surface area contributed by atoms with E-state index in [0.29, 0.717) is 17.6 Å². The van der Waals surface area contributed by atoms with Crippen molar-refractivity contribution < 1.29 is 4.79 Å². The van der Waals surface area contributed by atoms with E-state index in [2.05, 4.69) is 26.0 Å². The lowest BCUT2D eigenvalue weighted by molar-refractivity contribution is -0.121. The van der Waals surface area contributed by atoms with Crippen LogP contribution in [0, 0.1) is 23.7 Å². The van der Waals surface area contributed by atoms with Crippen LogP contribution < -0.4 is 5.73 Å². The molecule has 2 nitrogen and oxygen atoms in total. The zero-order valence-electron chi connectivity index (χ0n) is 11.5. The van der Waals surface area contributed by atoms with Gasteiger partial charge in [-0.3, -0.25) is 4.79 Å². The topological polar surface area (TPSA) is 43.1 Å². The number of benzene rings is 1. The Balaban J connectivity index is 1.85. The molecule has 4 atom stereocenters. The molecule has 18 heavy (non-hydrogen) atoms. The number of rotatable bonds is 5. The summed E-state index contributed by atoms with van der Waals surface area (Å²) < 4.78 is 0. The molecule has 2 N–H and O–H groups in total. The van der Waals surface area contributed by atoms with Crippen LogP contribution >= 0.6 is 0 Å². The number of anilines is 1. The predicted octanol–water partition coefficient (Wildman–Crippen LogP) is 3.31. The van der Waals surface area contributed by atoms with Gasteiger partial charge in [-0.1, -0.05) is 26.0 Å². The molecule has 0 spiro atoms. The first-order valence-electron chi connectivity index (χ1n) is 6.85. The highest BCUT2D eigenvalue weighted by molar-refractivity contribution is 5.78. The maximum atomic E-state index is 11.4. The summed E-state index contributed by atoms with van der Waals surface area (Å²) in [5.74, 6) is 2.61. The van der Waals surface area contributed by atoms with Crippen LogP contribution in [0.5, 0.6) is 0 Å². The SMILES string of the molecule is CC(=O)C(C)C1C(C)C1CCc1ccc(N)cc1. The van der Waals surface area contributed by atoms with Gasteiger partial charge >= 0.3 is 0 Å². The zero-order chi connectivity index (χ0) is 13.3. The van der Waals surface area contributed by atoms with Crippen molar-refractivity contribution in [2.75, 3.05) is 5.73 Å². The van der Waals surface area contributed by atoms with Gasteiger partial charge in [-0.15, -0.1) is 0 Å². The summed E-state index contributed by atoms with van der Waals surface area (Å²) in [7, 11) is 0. The molecular weight excluding hydrogens is 222 g/mol. The Bertz CT molecular complexity index is 423. The van der Waals surface area contributed by atoms with Gasteiger partial charge in [-0.25, -0.2) is 0 Å². The summed E-state index contributed by atoms with van der Waals surface area (Å²) in [5.41, 5.74) is 7.84. The second-order valence-electron chi connectivity index (χ2n) is 5.78. The molecule has 0 bridgehead atoms. The quantitative estimate of drug-likeness (QED) is 0.809. The van der Waals surface area contributed by atoms with Gasteiger partial charge in [0.15, 0.2) is 0 Å². The first-order chi connectivity index (χ1) is 8.50. The Hall–Kier alpha value is -1.31. The predicted molar refractivity (Wildman–Crippen MR) is 75.2 cm³/mol. The number of carbonyl (C=O) groups excluding carboxylic acids is 1. The molecule has 0 heterocycles. The molecule has 0 radical (unpaired) electrons. The van der Waals surface area contributed by atoms with E-state index in [-0.39, 0.29) is 5.92 Å². The average Bonchev–Trinajstić information content (AvgIpc) is 2.98. The highest BCUT2D eigenvalue weighted by Crippen LogP contribution is 2.53. The number of hydrogen-bond acceptors (Lipinski definition) is 2. The third kappa shape index (κ3) is 2.74. The largest absolute Gasteiger partial charge is 0.399 e. The third-order valence-corrected chi connectivity index (χ3v) is 4.60. The van der Waals surface area contributed by atoms with E-state index < -0.39 is 0 Å². The number of hydrogen-bond donors (Lipinski definition) is 1. The fourth-order valence-corrected chi connectivity index (χ4v) is 3.15. The highest BCUT2D eigenvalue weighted by atomic mass is 16.1. The smallest absolute Gasteiger partial charge is 0.132 e. The Morgan fingerprint density at radius 2 is 1.94 bits per heavy atom. The van der Waals surface area contributed by atoms with E-state index in [4.69, 9.17) is 5.73 Å². The number of aryl methyl sites for hydroxylation is 1. The zero-order valence-corrected chi connectivity index (χ0v) is 11.5. The van der Waals surface area contributed by atoms with Crippen molar-refractivity contribution >= 4 is 11.5 Å². The number of ketones is 1. The van der Waals surface area contributed by atoms with Crippen molar-refractivity contribution in [1.82, 2.24) is 0 Å². The molecule has 4 unspecified atom stereocenters. The van der Waals surface area contributed by atoms with Gasteiger partial charge in [0, 0.05) is 11.6 Å². The molecule has 1 fully saturated rings. The minimum atomic E-state index is 0.233. The number of nitrogens with two attached hydrogens (primary N) is 1. The van der Waals surface area contributed by atoms with Crippen LogP contribution in [0.4, 0.5) is 5.69 Å². The average molecular weight is 245 g/mol. The molecule has 2 heteroatoms. The summed E-state index contributed by atoms with van der Waals surface area (Å²) in [5, 5.41) is 0. The summed E-state index contributed by atoms with van der Waals surface area (Å²) in [6.45, 7) is 6.07. The second-order valence-corrected chi connectivity index (χ2v) is 5.78. The summed E-state index contributed by atoms with van der Waals surface area (Å²) in [6.07, 6.45) is 2.28. The molecule has 1 aliphatic carbocycles. The number of Topliss-reactive ketones (excluding diaryl/α,β-unsaturated/α-hetero) is 1. The van der Waals surface area contributed by atoms with E-state index in [0.717, 1.165) is 18.0 Å². The van der Waals surface area contributed by atoms with Crippen LogP contribution in [0.25, 0.3) is 0 Å². The lowest BCUT2D eigenvalue weighted by Crippen LogP contribution is -2.10. The molecule has 1 aromatic carbocycles. The van der Waals surface area contributed by atoms with Crippen LogP contribution in [0.15, 0.2) is 24.3 Å². The fourth-order valence-electron chi connectivity index (χ4n) is 3.15. The van der Waals surface area contributed by atoms with Crippen LogP contribution in [-0.4, -0.2) is 5.78 Å². The van der Waals surface area contributed by atoms with Gasteiger partial charge in [0.2, 0.25) is 0 Å². The molecule has 0 saturated heterocycles. The molecule has 2 rings (SSSR count). The van der Waals surface area contributed by atoms with Crippen molar-refractivity contribution in [3.8, 4) is 0 Å². The van der Waals surface area contributed by atoms with E-state index >= 15 is 0 Å². The molecule has 0 amide bonds. The molecule has 0 aliphatic heterocycles. The van der Waals surface area contributed by atoms with Crippen molar-refractivity contribution in [2.24, 2.45) is 23.7 Å². The maximum absolute atomic E-state index is 11.4. The van der Waals surface area contributed by atoms with E-state index in [1.807, 2.05) is 12.1 Å². The van der Waals surface area contributed by atoms with Gasteiger partial charge in [0.25, 0.3) is 0 Å². The first-order valence-corrected chi connectivity index (χ1v) is 6.85. The molecule has 0 aromatic heterocycles.